The molecule has 0 radical (unpaired) electrons. The van der Waals surface area contributed by atoms with Crippen LogP contribution in [0.2, 0.25) is 0 Å². The summed E-state index contributed by atoms with van der Waals surface area (Å²) in [7, 11) is 0. The molecule has 7 atom stereocenters. The molecule has 0 amide bonds. The number of nitrogens with zero attached hydrogens (tertiary/aromatic N) is 1. The molecule has 3 nitrogen and oxygen atoms in total. The second-order valence-corrected chi connectivity index (χ2v) is 10.0. The van der Waals surface area contributed by atoms with Gasteiger partial charge in [0.05, 0.1) is 11.7 Å². The zero-order valence-corrected chi connectivity index (χ0v) is 15.8. The van der Waals surface area contributed by atoms with Crippen LogP contribution in [0.1, 0.15) is 71.6 Å². The van der Waals surface area contributed by atoms with E-state index >= 15 is 0 Å². The summed E-state index contributed by atoms with van der Waals surface area (Å²) in [5.74, 6) is 2.45. The summed E-state index contributed by atoms with van der Waals surface area (Å²) in [6, 6.07) is 2.28. The number of rotatable bonds is 1. The lowest BCUT2D eigenvalue weighted by Gasteiger charge is -2.62. The molecule has 4 aliphatic carbocycles. The Morgan fingerprint density at radius 1 is 1.12 bits per heavy atom. The fourth-order valence-electron chi connectivity index (χ4n) is 7.71. The largest absolute Gasteiger partial charge is 0.396 e. The smallest absolute Gasteiger partial charge is 0.0911 e. The molecule has 3 heteroatoms. The topological polar surface area (TPSA) is 64.2 Å². The van der Waals surface area contributed by atoms with Crippen LogP contribution >= 0.6 is 0 Å². The van der Waals surface area contributed by atoms with E-state index in [1.165, 1.54) is 24.8 Å². The third-order valence-corrected chi connectivity index (χ3v) is 9.03. The molecule has 4 aliphatic rings. The first-order valence-corrected chi connectivity index (χ1v) is 10.3. The van der Waals surface area contributed by atoms with Crippen LogP contribution in [-0.4, -0.2) is 22.4 Å². The molecule has 0 heterocycles. The van der Waals surface area contributed by atoms with Gasteiger partial charge < -0.3 is 10.2 Å². The fourth-order valence-corrected chi connectivity index (χ4v) is 7.71. The Kier molecular flexibility index (Phi) is 4.09. The molecule has 0 aromatic heterocycles. The summed E-state index contributed by atoms with van der Waals surface area (Å²) in [6.07, 6.45) is 11.5. The van der Waals surface area contributed by atoms with Crippen molar-refractivity contribution in [2.45, 2.75) is 77.2 Å². The van der Waals surface area contributed by atoms with Gasteiger partial charge in [-0.1, -0.05) is 12.5 Å². The van der Waals surface area contributed by atoms with Gasteiger partial charge in [-0.15, -0.1) is 0 Å². The van der Waals surface area contributed by atoms with Crippen molar-refractivity contribution in [2.24, 2.45) is 34.5 Å². The first-order valence-electron chi connectivity index (χ1n) is 10.3. The molecule has 0 aliphatic heterocycles. The third-order valence-electron chi connectivity index (χ3n) is 9.03. The number of aliphatic hydroxyl groups excluding tert-OH is 1. The summed E-state index contributed by atoms with van der Waals surface area (Å²) in [6.45, 7) is 4.67. The van der Waals surface area contributed by atoms with Crippen molar-refractivity contribution < 1.29 is 10.2 Å². The molecule has 4 fully saturated rings. The van der Waals surface area contributed by atoms with Crippen molar-refractivity contribution in [1.29, 1.82) is 5.26 Å². The van der Waals surface area contributed by atoms with Gasteiger partial charge in [0.25, 0.3) is 0 Å². The maximum absolute atomic E-state index is 10.6. The number of hydrogen-bond donors (Lipinski definition) is 2. The molecule has 0 spiro atoms. The van der Waals surface area contributed by atoms with E-state index in [9.17, 15) is 10.2 Å². The lowest BCUT2D eigenvalue weighted by Crippen LogP contribution is -2.57. The van der Waals surface area contributed by atoms with E-state index < -0.39 is 5.60 Å². The maximum Gasteiger partial charge on any atom is 0.0911 e. The number of fused-ring (bicyclic) bond motifs is 5. The molecule has 25 heavy (non-hydrogen) atoms. The van der Waals surface area contributed by atoms with Crippen LogP contribution in [0.5, 0.6) is 0 Å². The predicted molar refractivity (Wildman–Crippen MR) is 97.5 cm³/mol. The van der Waals surface area contributed by atoms with Crippen LogP contribution in [0.25, 0.3) is 0 Å². The molecule has 0 bridgehead atoms. The molecule has 138 valence electrons. The van der Waals surface area contributed by atoms with E-state index in [1.54, 1.807) is 0 Å². The van der Waals surface area contributed by atoms with Gasteiger partial charge in [0.1, 0.15) is 0 Å². The first-order chi connectivity index (χ1) is 11.9. The van der Waals surface area contributed by atoms with Crippen LogP contribution in [0.15, 0.2) is 11.6 Å². The lowest BCUT2D eigenvalue weighted by atomic mass is 9.44. The lowest BCUT2D eigenvalue weighted by molar-refractivity contribution is -0.164. The van der Waals surface area contributed by atoms with E-state index in [0.29, 0.717) is 30.3 Å². The monoisotopic (exact) mass is 343 g/mol. The van der Waals surface area contributed by atoms with E-state index in [0.717, 1.165) is 38.5 Å². The van der Waals surface area contributed by atoms with Gasteiger partial charge in [-0.2, -0.15) is 5.26 Å². The highest BCUT2D eigenvalue weighted by Crippen LogP contribution is 2.67. The minimum Gasteiger partial charge on any atom is -0.396 e. The second kappa shape index (κ2) is 5.83. The van der Waals surface area contributed by atoms with Crippen molar-refractivity contribution >= 4 is 0 Å². The summed E-state index contributed by atoms with van der Waals surface area (Å²) >= 11 is 0. The highest BCUT2D eigenvalue weighted by molar-refractivity contribution is 5.28. The van der Waals surface area contributed by atoms with Crippen molar-refractivity contribution in [1.82, 2.24) is 0 Å². The van der Waals surface area contributed by atoms with Crippen LogP contribution in [0, 0.1) is 45.8 Å². The Morgan fingerprint density at radius 3 is 2.64 bits per heavy atom. The Bertz CT molecular complexity index is 618. The second-order valence-electron chi connectivity index (χ2n) is 10.0. The van der Waals surface area contributed by atoms with Crippen molar-refractivity contribution in [3.05, 3.63) is 11.6 Å². The summed E-state index contributed by atoms with van der Waals surface area (Å²) in [4.78, 5) is 0. The van der Waals surface area contributed by atoms with E-state index in [1.807, 2.05) is 13.0 Å². The molecule has 0 aromatic rings. The average molecular weight is 344 g/mol. The average Bonchev–Trinajstić information content (AvgIpc) is 2.91. The van der Waals surface area contributed by atoms with Crippen molar-refractivity contribution in [2.75, 3.05) is 6.61 Å². The molecule has 0 aromatic carbocycles. The van der Waals surface area contributed by atoms with Gasteiger partial charge >= 0.3 is 0 Å². The van der Waals surface area contributed by atoms with Gasteiger partial charge in [0.2, 0.25) is 0 Å². The Balaban J connectivity index is 1.65. The molecular weight excluding hydrogens is 310 g/mol. The highest BCUT2D eigenvalue weighted by atomic mass is 16.3. The zero-order valence-electron chi connectivity index (χ0n) is 15.8. The standard InChI is InChI=1S/C22H33NO2/c1-20(25)10-11-22(14-24)16(13-20)3-5-17-18-6-4-15(8-12-23)21(18,2)9-7-19(17)22/h8,16-19,24-25H,3-7,9-11,13-14H2,1-2H3/b15-8-/t16-,17-,18-,19-,20+,21+,22+/m0/s1. The fraction of sp³-hybridized carbons (Fsp3) is 0.864. The Hall–Kier alpha value is -0.850. The number of hydrogen-bond acceptors (Lipinski definition) is 3. The Labute approximate surface area is 152 Å². The summed E-state index contributed by atoms with van der Waals surface area (Å²) in [5, 5.41) is 30.2. The van der Waals surface area contributed by atoms with Gasteiger partial charge in [-0.05, 0) is 99.2 Å². The predicted octanol–water partition coefficient (Wildman–Crippen LogP) is 4.20. The van der Waals surface area contributed by atoms with Gasteiger partial charge in [-0.25, -0.2) is 0 Å². The van der Waals surface area contributed by atoms with Crippen molar-refractivity contribution in [3.63, 3.8) is 0 Å². The zero-order chi connectivity index (χ0) is 17.9. The van der Waals surface area contributed by atoms with Gasteiger partial charge in [0.15, 0.2) is 0 Å². The van der Waals surface area contributed by atoms with Crippen LogP contribution in [-0.2, 0) is 0 Å². The molecule has 0 unspecified atom stereocenters. The molecular formula is C22H33NO2. The molecule has 4 saturated carbocycles. The normalized spacial score (nSPS) is 53.6. The van der Waals surface area contributed by atoms with Gasteiger partial charge in [0, 0.05) is 12.7 Å². The summed E-state index contributed by atoms with van der Waals surface area (Å²) < 4.78 is 0. The molecule has 0 saturated heterocycles. The minimum absolute atomic E-state index is 0.0359. The number of nitriles is 1. The quantitative estimate of drug-likeness (QED) is 0.701. The van der Waals surface area contributed by atoms with Gasteiger partial charge in [-0.3, -0.25) is 0 Å². The molecule has 4 rings (SSSR count). The van der Waals surface area contributed by atoms with E-state index in [4.69, 9.17) is 5.26 Å². The van der Waals surface area contributed by atoms with Crippen molar-refractivity contribution in [3.8, 4) is 6.07 Å². The highest BCUT2D eigenvalue weighted by Gasteiger charge is 2.61. The van der Waals surface area contributed by atoms with E-state index in [2.05, 4.69) is 13.0 Å². The maximum atomic E-state index is 10.6. The number of allylic oxidation sites excluding steroid dienone is 2. The van der Waals surface area contributed by atoms with Crippen LogP contribution in [0.4, 0.5) is 0 Å². The van der Waals surface area contributed by atoms with E-state index in [-0.39, 0.29) is 10.8 Å². The SMILES string of the molecule is C[C@@]1(O)CC[C@@]2(CO)[C@@H](CC[C@@H]3[C@@H]2CC[C@]2(C)/C(=C\C#N)CC[C@@H]32)C1. The first kappa shape index (κ1) is 17.6. The van der Waals surface area contributed by atoms with Crippen LogP contribution in [0.3, 0.4) is 0 Å². The Morgan fingerprint density at radius 2 is 1.92 bits per heavy atom. The number of aliphatic hydroxyl groups is 2. The minimum atomic E-state index is -0.546. The van der Waals surface area contributed by atoms with Crippen LogP contribution < -0.4 is 0 Å². The molecule has 2 N–H and O–H groups in total. The summed E-state index contributed by atoms with van der Waals surface area (Å²) in [5.41, 5.74) is 1.08. The third kappa shape index (κ3) is 2.44.